The smallest absolute Gasteiger partial charge is 0.145 e. The summed E-state index contributed by atoms with van der Waals surface area (Å²) in [4.78, 5) is 12.4. The molecule has 2 aromatic heterocycles. The van der Waals surface area contributed by atoms with E-state index in [2.05, 4.69) is 20.3 Å². The Hall–Kier alpha value is -1.82. The molecule has 0 aliphatic carbocycles. The van der Waals surface area contributed by atoms with Crippen LogP contribution < -0.4 is 10.1 Å². The first kappa shape index (κ1) is 12.6. The van der Waals surface area contributed by atoms with Gasteiger partial charge in [-0.25, -0.2) is 4.98 Å². The monoisotopic (exact) mass is 262 g/mol. The van der Waals surface area contributed by atoms with Crippen LogP contribution in [0.3, 0.4) is 0 Å². The van der Waals surface area contributed by atoms with Crippen molar-refractivity contribution in [3.63, 3.8) is 0 Å². The molecule has 0 aliphatic heterocycles. The van der Waals surface area contributed by atoms with E-state index in [4.69, 9.17) is 4.74 Å². The second-order valence-electron chi connectivity index (χ2n) is 3.41. The second kappa shape index (κ2) is 6.80. The van der Waals surface area contributed by atoms with Crippen molar-refractivity contribution in [3.05, 3.63) is 36.9 Å². The van der Waals surface area contributed by atoms with Crippen molar-refractivity contribution in [2.45, 2.75) is 5.03 Å². The lowest BCUT2D eigenvalue weighted by molar-refractivity contribution is 0.331. The fraction of sp³-hybridized carbons (Fsp3) is 0.250. The number of aromatic nitrogens is 3. The summed E-state index contributed by atoms with van der Waals surface area (Å²) < 4.78 is 5.51. The van der Waals surface area contributed by atoms with E-state index in [1.165, 1.54) is 0 Å². The van der Waals surface area contributed by atoms with Crippen molar-refractivity contribution in [2.75, 3.05) is 24.7 Å². The number of anilines is 1. The fourth-order valence-electron chi connectivity index (χ4n) is 1.31. The van der Waals surface area contributed by atoms with Crippen molar-refractivity contribution in [1.29, 1.82) is 0 Å². The molecule has 6 heteroatoms. The Labute approximate surface area is 110 Å². The Morgan fingerprint density at radius 3 is 3.00 bits per heavy atom. The highest BCUT2D eigenvalue weighted by Gasteiger charge is 1.97. The molecule has 0 radical (unpaired) electrons. The molecular formula is C12H14N4OS. The summed E-state index contributed by atoms with van der Waals surface area (Å²) in [7, 11) is 0. The van der Waals surface area contributed by atoms with Crippen LogP contribution in [-0.4, -0.2) is 34.4 Å². The van der Waals surface area contributed by atoms with Gasteiger partial charge in [-0.2, -0.15) is 0 Å². The van der Waals surface area contributed by atoms with E-state index in [0.29, 0.717) is 13.2 Å². The Balaban J connectivity index is 1.75. The van der Waals surface area contributed by atoms with Gasteiger partial charge in [-0.05, 0) is 18.4 Å². The Morgan fingerprint density at radius 1 is 1.28 bits per heavy atom. The topological polar surface area (TPSA) is 59.9 Å². The van der Waals surface area contributed by atoms with Gasteiger partial charge in [0.05, 0.1) is 25.1 Å². The van der Waals surface area contributed by atoms with Gasteiger partial charge in [0.2, 0.25) is 0 Å². The van der Waals surface area contributed by atoms with Crippen LogP contribution in [0.4, 0.5) is 5.82 Å². The van der Waals surface area contributed by atoms with Gasteiger partial charge >= 0.3 is 0 Å². The molecular weight excluding hydrogens is 248 g/mol. The van der Waals surface area contributed by atoms with Crippen LogP contribution in [0.5, 0.6) is 5.75 Å². The Kier molecular flexibility index (Phi) is 4.78. The lowest BCUT2D eigenvalue weighted by Gasteiger charge is -2.07. The molecule has 2 heterocycles. The summed E-state index contributed by atoms with van der Waals surface area (Å²) in [5.41, 5.74) is 0. The third-order valence-corrected chi connectivity index (χ3v) is 2.75. The molecule has 0 atom stereocenters. The summed E-state index contributed by atoms with van der Waals surface area (Å²) >= 11 is 1.57. The van der Waals surface area contributed by atoms with Gasteiger partial charge in [-0.3, -0.25) is 9.97 Å². The highest BCUT2D eigenvalue weighted by Crippen LogP contribution is 2.11. The molecule has 0 fully saturated rings. The molecule has 0 saturated heterocycles. The molecule has 0 bridgehead atoms. The van der Waals surface area contributed by atoms with Gasteiger partial charge in [0.15, 0.2) is 0 Å². The van der Waals surface area contributed by atoms with E-state index < -0.39 is 0 Å². The minimum atomic E-state index is 0.552. The zero-order valence-corrected chi connectivity index (χ0v) is 10.9. The molecule has 0 spiro atoms. The van der Waals surface area contributed by atoms with Crippen LogP contribution in [-0.2, 0) is 0 Å². The summed E-state index contributed by atoms with van der Waals surface area (Å²) in [5, 5.41) is 4.05. The molecule has 94 valence electrons. The van der Waals surface area contributed by atoms with Crippen LogP contribution in [0.2, 0.25) is 0 Å². The molecule has 0 unspecified atom stereocenters. The van der Waals surface area contributed by atoms with Crippen LogP contribution in [0.15, 0.2) is 41.9 Å². The minimum Gasteiger partial charge on any atom is -0.490 e. The average Bonchev–Trinajstić information content (AvgIpc) is 2.45. The number of thioether (sulfide) groups is 1. The molecule has 5 nitrogen and oxygen atoms in total. The normalized spacial score (nSPS) is 10.1. The van der Waals surface area contributed by atoms with E-state index in [9.17, 15) is 0 Å². The molecule has 0 saturated carbocycles. The first-order valence-corrected chi connectivity index (χ1v) is 6.73. The zero-order chi connectivity index (χ0) is 12.6. The number of hydrogen-bond donors (Lipinski definition) is 1. The maximum atomic E-state index is 5.51. The first-order chi connectivity index (χ1) is 8.88. The third kappa shape index (κ3) is 3.89. The number of ether oxygens (including phenoxy) is 1. The average molecular weight is 262 g/mol. The summed E-state index contributed by atoms with van der Waals surface area (Å²) in [6, 6.07) is 3.72. The fourth-order valence-corrected chi connectivity index (χ4v) is 1.67. The van der Waals surface area contributed by atoms with Crippen molar-refractivity contribution < 1.29 is 4.74 Å². The standard InChI is InChI=1S/C12H14N4OS/c1-18-12-9-14-8-11(16-12)15-5-6-17-10-3-2-4-13-7-10/h2-4,7-9H,5-6H2,1H3,(H,15,16). The highest BCUT2D eigenvalue weighted by atomic mass is 32.2. The highest BCUT2D eigenvalue weighted by molar-refractivity contribution is 7.98. The minimum absolute atomic E-state index is 0.552. The van der Waals surface area contributed by atoms with Gasteiger partial charge in [0, 0.05) is 6.20 Å². The van der Waals surface area contributed by atoms with E-state index >= 15 is 0 Å². The van der Waals surface area contributed by atoms with E-state index in [0.717, 1.165) is 16.6 Å². The molecule has 0 aromatic carbocycles. The molecule has 1 N–H and O–H groups in total. The number of rotatable bonds is 6. The Morgan fingerprint density at radius 2 is 2.22 bits per heavy atom. The first-order valence-electron chi connectivity index (χ1n) is 5.51. The van der Waals surface area contributed by atoms with Crippen molar-refractivity contribution in [1.82, 2.24) is 15.0 Å². The van der Waals surface area contributed by atoms with E-state index in [1.807, 2.05) is 18.4 Å². The van der Waals surface area contributed by atoms with Crippen molar-refractivity contribution in [3.8, 4) is 5.75 Å². The second-order valence-corrected chi connectivity index (χ2v) is 4.24. The van der Waals surface area contributed by atoms with E-state index in [-0.39, 0.29) is 0 Å². The van der Waals surface area contributed by atoms with Crippen LogP contribution in [0.25, 0.3) is 0 Å². The van der Waals surface area contributed by atoms with Gasteiger partial charge in [0.1, 0.15) is 23.2 Å². The number of nitrogens with zero attached hydrogens (tertiary/aromatic N) is 3. The van der Waals surface area contributed by atoms with Crippen LogP contribution in [0.1, 0.15) is 0 Å². The Bertz CT molecular complexity index is 481. The molecule has 0 amide bonds. The van der Waals surface area contributed by atoms with Gasteiger partial charge in [-0.15, -0.1) is 11.8 Å². The van der Waals surface area contributed by atoms with Crippen LogP contribution in [0, 0.1) is 0 Å². The van der Waals surface area contributed by atoms with Gasteiger partial charge < -0.3 is 10.1 Å². The lowest BCUT2D eigenvalue weighted by Crippen LogP contribution is -2.12. The van der Waals surface area contributed by atoms with E-state index in [1.54, 1.807) is 36.5 Å². The zero-order valence-electron chi connectivity index (χ0n) is 10.0. The molecule has 18 heavy (non-hydrogen) atoms. The van der Waals surface area contributed by atoms with Crippen molar-refractivity contribution in [2.24, 2.45) is 0 Å². The summed E-state index contributed by atoms with van der Waals surface area (Å²) in [5.74, 6) is 1.53. The summed E-state index contributed by atoms with van der Waals surface area (Å²) in [6.45, 7) is 1.22. The number of nitrogens with one attached hydrogen (secondary N) is 1. The number of hydrogen-bond acceptors (Lipinski definition) is 6. The molecule has 2 rings (SSSR count). The maximum absolute atomic E-state index is 5.51. The quantitative estimate of drug-likeness (QED) is 0.635. The third-order valence-electron chi connectivity index (χ3n) is 2.13. The van der Waals surface area contributed by atoms with Crippen LogP contribution >= 0.6 is 11.8 Å². The van der Waals surface area contributed by atoms with Gasteiger partial charge in [-0.1, -0.05) is 0 Å². The predicted octanol–water partition coefficient (Wildman–Crippen LogP) is 2.08. The number of pyridine rings is 1. The SMILES string of the molecule is CSc1cncc(NCCOc2cccnc2)n1. The van der Waals surface area contributed by atoms with Gasteiger partial charge in [0.25, 0.3) is 0 Å². The summed E-state index contributed by atoms with van der Waals surface area (Å²) in [6.07, 6.45) is 8.81. The molecule has 0 aliphatic rings. The molecule has 2 aromatic rings. The maximum Gasteiger partial charge on any atom is 0.145 e. The predicted molar refractivity (Wildman–Crippen MR) is 72.0 cm³/mol. The lowest BCUT2D eigenvalue weighted by atomic mass is 10.5. The largest absolute Gasteiger partial charge is 0.490 e. The van der Waals surface area contributed by atoms with Crippen molar-refractivity contribution >= 4 is 17.6 Å².